The third-order valence-electron chi connectivity index (χ3n) is 4.15. The van der Waals surface area contributed by atoms with E-state index in [1.807, 2.05) is 37.3 Å². The lowest BCUT2D eigenvalue weighted by Crippen LogP contribution is -2.21. The molecule has 0 fully saturated rings. The quantitative estimate of drug-likeness (QED) is 0.527. The Morgan fingerprint density at radius 1 is 1.17 bits per heavy atom. The summed E-state index contributed by atoms with van der Waals surface area (Å²) in [5, 5.41) is 5.87. The Morgan fingerprint density at radius 3 is 2.72 bits per heavy atom. The Labute approximate surface area is 170 Å². The van der Waals surface area contributed by atoms with E-state index in [9.17, 15) is 9.59 Å². The molecule has 0 atom stereocenters. The Balaban J connectivity index is 1.50. The number of anilines is 1. The molecular weight excluding hydrogens is 394 g/mol. The van der Waals surface area contributed by atoms with Gasteiger partial charge in [-0.25, -0.2) is 4.98 Å². The van der Waals surface area contributed by atoms with Crippen LogP contribution in [0.1, 0.15) is 5.56 Å². The highest BCUT2D eigenvalue weighted by Crippen LogP contribution is 2.21. The molecule has 0 aliphatic heterocycles. The van der Waals surface area contributed by atoms with E-state index < -0.39 is 5.91 Å². The van der Waals surface area contributed by atoms with Crippen molar-refractivity contribution in [2.75, 3.05) is 11.9 Å². The molecule has 2 aromatic heterocycles. The van der Waals surface area contributed by atoms with E-state index in [-0.39, 0.29) is 23.9 Å². The number of carbonyl (C=O) groups is 1. The predicted octanol–water partition coefficient (Wildman–Crippen LogP) is 3.06. The van der Waals surface area contributed by atoms with Gasteiger partial charge in [-0.15, -0.1) is 0 Å². The molecule has 4 rings (SSSR count). The van der Waals surface area contributed by atoms with E-state index in [0.29, 0.717) is 16.5 Å². The third kappa shape index (κ3) is 4.12. The van der Waals surface area contributed by atoms with Gasteiger partial charge in [0.1, 0.15) is 5.75 Å². The van der Waals surface area contributed by atoms with Crippen LogP contribution in [0.5, 0.6) is 5.75 Å². The number of halogens is 1. The molecule has 0 aliphatic rings. The molecule has 9 heteroatoms. The summed E-state index contributed by atoms with van der Waals surface area (Å²) in [6.45, 7) is 1.61. The van der Waals surface area contributed by atoms with Crippen molar-refractivity contribution in [3.63, 3.8) is 0 Å². The number of hydrogen-bond acceptors (Lipinski definition) is 5. The summed E-state index contributed by atoms with van der Waals surface area (Å²) in [5.41, 5.74) is 1.78. The highest BCUT2D eigenvalue weighted by molar-refractivity contribution is 6.30. The highest BCUT2D eigenvalue weighted by atomic mass is 35.5. The molecule has 0 saturated carbocycles. The van der Waals surface area contributed by atoms with Crippen molar-refractivity contribution in [1.29, 1.82) is 0 Å². The molecule has 29 heavy (non-hydrogen) atoms. The lowest BCUT2D eigenvalue weighted by molar-refractivity contribution is -0.118. The van der Waals surface area contributed by atoms with Crippen LogP contribution in [-0.4, -0.2) is 32.1 Å². The molecule has 8 nitrogen and oxygen atoms in total. The normalized spacial score (nSPS) is 10.8. The van der Waals surface area contributed by atoms with Crippen molar-refractivity contribution >= 4 is 29.2 Å². The summed E-state index contributed by atoms with van der Waals surface area (Å²) < 4.78 is 6.66. The smallest absolute Gasteiger partial charge is 0.274 e. The van der Waals surface area contributed by atoms with Crippen molar-refractivity contribution in [2.24, 2.45) is 0 Å². The van der Waals surface area contributed by atoms with Gasteiger partial charge in [-0.1, -0.05) is 41.9 Å². The third-order valence-corrected chi connectivity index (χ3v) is 4.39. The fourth-order valence-corrected chi connectivity index (χ4v) is 3.01. The first kappa shape index (κ1) is 18.7. The van der Waals surface area contributed by atoms with E-state index in [1.165, 1.54) is 6.07 Å². The topological polar surface area (TPSA) is 101 Å². The van der Waals surface area contributed by atoms with E-state index in [1.54, 1.807) is 18.2 Å². The van der Waals surface area contributed by atoms with Crippen molar-refractivity contribution in [1.82, 2.24) is 19.6 Å². The van der Waals surface area contributed by atoms with Crippen LogP contribution in [0.15, 0.2) is 59.4 Å². The Hall–Kier alpha value is -3.65. The van der Waals surface area contributed by atoms with Gasteiger partial charge in [-0.05, 0) is 30.7 Å². The summed E-state index contributed by atoms with van der Waals surface area (Å²) in [4.78, 5) is 33.1. The van der Waals surface area contributed by atoms with Crippen LogP contribution in [-0.2, 0) is 4.79 Å². The maximum atomic E-state index is 12.4. The second-order valence-electron chi connectivity index (χ2n) is 6.30. The molecule has 0 saturated heterocycles. The van der Waals surface area contributed by atoms with Crippen LogP contribution in [0.25, 0.3) is 17.0 Å². The first-order chi connectivity index (χ1) is 14.0. The lowest BCUT2D eigenvalue weighted by atomic mass is 10.1. The largest absolute Gasteiger partial charge is 0.483 e. The average molecular weight is 410 g/mol. The Morgan fingerprint density at radius 2 is 1.97 bits per heavy atom. The van der Waals surface area contributed by atoms with E-state index in [2.05, 4.69) is 20.4 Å². The summed E-state index contributed by atoms with van der Waals surface area (Å²) in [6.07, 6.45) is 0. The maximum absolute atomic E-state index is 12.4. The maximum Gasteiger partial charge on any atom is 0.274 e. The molecule has 0 radical (unpaired) electrons. The van der Waals surface area contributed by atoms with Crippen LogP contribution in [0.4, 0.5) is 5.95 Å². The highest BCUT2D eigenvalue weighted by Gasteiger charge is 2.12. The lowest BCUT2D eigenvalue weighted by Gasteiger charge is -2.08. The number of fused-ring (bicyclic) bond motifs is 1. The summed E-state index contributed by atoms with van der Waals surface area (Å²) in [7, 11) is 0. The summed E-state index contributed by atoms with van der Waals surface area (Å²) in [5.74, 6) is 0.372. The Kier molecular flexibility index (Phi) is 5.01. The number of hydrogen-bond donors (Lipinski definition) is 2. The van der Waals surface area contributed by atoms with Crippen molar-refractivity contribution in [3.8, 4) is 17.0 Å². The minimum atomic E-state index is -0.435. The van der Waals surface area contributed by atoms with Gasteiger partial charge in [0.05, 0.1) is 5.69 Å². The van der Waals surface area contributed by atoms with Gasteiger partial charge in [0.15, 0.2) is 6.61 Å². The molecule has 0 spiro atoms. The minimum absolute atomic E-state index is 0.0984. The second kappa shape index (κ2) is 7.76. The first-order valence-corrected chi connectivity index (χ1v) is 9.11. The number of nitrogens with zero attached hydrogens (tertiary/aromatic N) is 3. The number of aryl methyl sites for hydroxylation is 1. The van der Waals surface area contributed by atoms with E-state index in [4.69, 9.17) is 16.3 Å². The molecule has 146 valence electrons. The summed E-state index contributed by atoms with van der Waals surface area (Å²) >= 11 is 5.91. The zero-order valence-corrected chi connectivity index (χ0v) is 16.1. The molecule has 0 bridgehead atoms. The number of carbonyl (C=O) groups excluding carboxylic acids is 1. The molecular formula is C20H16ClN5O3. The average Bonchev–Trinajstić information content (AvgIpc) is 3.11. The van der Waals surface area contributed by atoms with E-state index >= 15 is 0 Å². The molecule has 4 aromatic rings. The number of aromatic amines is 1. The van der Waals surface area contributed by atoms with Gasteiger partial charge < -0.3 is 4.74 Å². The first-order valence-electron chi connectivity index (χ1n) is 8.73. The number of aromatic nitrogens is 4. The zero-order valence-electron chi connectivity index (χ0n) is 15.3. The van der Waals surface area contributed by atoms with Crippen molar-refractivity contribution in [2.45, 2.75) is 6.92 Å². The molecule has 2 N–H and O–H groups in total. The summed E-state index contributed by atoms with van der Waals surface area (Å²) in [6, 6.07) is 15.8. The monoisotopic (exact) mass is 409 g/mol. The van der Waals surface area contributed by atoms with Crippen LogP contribution in [0, 0.1) is 6.92 Å². The van der Waals surface area contributed by atoms with E-state index in [0.717, 1.165) is 15.6 Å². The van der Waals surface area contributed by atoms with Crippen molar-refractivity contribution in [3.05, 3.63) is 75.5 Å². The standard InChI is InChI=1S/C20H16ClN5O3/c1-12-9-14(21)7-8-16(12)29-11-17(27)23-19-24-20-22-15(10-18(28)26(20)25-19)13-5-3-2-4-6-13/h2-10H,11H2,1H3,(H2,22,23,24,25,27). The van der Waals surface area contributed by atoms with Crippen LogP contribution in [0.2, 0.25) is 5.02 Å². The van der Waals surface area contributed by atoms with Crippen molar-refractivity contribution < 1.29 is 9.53 Å². The number of nitrogens with one attached hydrogen (secondary N) is 2. The van der Waals surface area contributed by atoms with Gasteiger partial charge in [0, 0.05) is 16.7 Å². The fraction of sp³-hybridized carbons (Fsp3) is 0.100. The predicted molar refractivity (Wildman–Crippen MR) is 109 cm³/mol. The second-order valence-corrected chi connectivity index (χ2v) is 6.74. The van der Waals surface area contributed by atoms with Crippen LogP contribution >= 0.6 is 11.6 Å². The van der Waals surface area contributed by atoms with Gasteiger partial charge in [-0.3, -0.25) is 20.0 Å². The number of benzene rings is 2. The number of amides is 1. The molecule has 2 aromatic carbocycles. The minimum Gasteiger partial charge on any atom is -0.483 e. The van der Waals surface area contributed by atoms with Gasteiger partial charge in [0.25, 0.3) is 17.2 Å². The van der Waals surface area contributed by atoms with Gasteiger partial charge in [-0.2, -0.15) is 9.50 Å². The molecule has 0 unspecified atom stereocenters. The molecule has 1 amide bonds. The number of rotatable bonds is 5. The zero-order chi connectivity index (χ0) is 20.4. The fourth-order valence-electron chi connectivity index (χ4n) is 2.78. The molecule has 0 aliphatic carbocycles. The number of ether oxygens (including phenoxy) is 1. The molecule has 2 heterocycles. The van der Waals surface area contributed by atoms with Crippen LogP contribution in [0.3, 0.4) is 0 Å². The number of H-pyrrole nitrogens is 1. The van der Waals surface area contributed by atoms with Gasteiger partial charge in [0.2, 0.25) is 5.95 Å². The Bertz CT molecular complexity index is 1250. The SMILES string of the molecule is Cc1cc(Cl)ccc1OCC(=O)Nc1nc2nc(-c3ccccc3)cc(=O)n2[nH]1. The van der Waals surface area contributed by atoms with Crippen LogP contribution < -0.4 is 15.6 Å². The van der Waals surface area contributed by atoms with Gasteiger partial charge >= 0.3 is 0 Å².